The zero-order valence-electron chi connectivity index (χ0n) is 18.7. The van der Waals surface area contributed by atoms with Crippen LogP contribution in [0.25, 0.3) is 0 Å². The van der Waals surface area contributed by atoms with Crippen LogP contribution in [-0.2, 0) is 34.0 Å². The van der Waals surface area contributed by atoms with Crippen LogP contribution in [0.4, 0.5) is 0 Å². The highest BCUT2D eigenvalue weighted by molar-refractivity contribution is 5.16. The molecule has 0 aromatic heterocycles. The summed E-state index contributed by atoms with van der Waals surface area (Å²) in [7, 11) is 0. The second-order valence-corrected chi connectivity index (χ2v) is 8.38. The van der Waals surface area contributed by atoms with Crippen molar-refractivity contribution in [1.82, 2.24) is 0 Å². The van der Waals surface area contributed by atoms with Crippen molar-refractivity contribution >= 4 is 0 Å². The average molecular weight is 429 g/mol. The quantitative estimate of drug-likeness (QED) is 0.372. The van der Waals surface area contributed by atoms with Crippen LogP contribution in [0.3, 0.4) is 0 Å². The lowest BCUT2D eigenvalue weighted by Gasteiger charge is -2.34. The van der Waals surface area contributed by atoms with Crippen molar-refractivity contribution in [1.29, 1.82) is 0 Å². The fourth-order valence-electron chi connectivity index (χ4n) is 4.10. The van der Waals surface area contributed by atoms with Gasteiger partial charge >= 0.3 is 0 Å². The Bertz CT molecular complexity index is 940. The largest absolute Gasteiger partial charge is 0.370 e. The van der Waals surface area contributed by atoms with Crippen molar-refractivity contribution < 1.29 is 14.2 Å². The summed E-state index contributed by atoms with van der Waals surface area (Å²) in [6.45, 7) is 3.85. The summed E-state index contributed by atoms with van der Waals surface area (Å²) in [5, 5.41) is 0. The molecule has 0 saturated carbocycles. The Balaban J connectivity index is 1.51. The first-order valence-electron chi connectivity index (χ1n) is 11.4. The Hall–Kier alpha value is -2.72. The first-order valence-corrected chi connectivity index (χ1v) is 11.4. The minimum absolute atomic E-state index is 0.0825. The third-order valence-electron chi connectivity index (χ3n) is 5.89. The van der Waals surface area contributed by atoms with Gasteiger partial charge in [-0.1, -0.05) is 110 Å². The van der Waals surface area contributed by atoms with E-state index in [1.165, 1.54) is 0 Å². The molecular formula is C29H32O3. The van der Waals surface area contributed by atoms with Crippen molar-refractivity contribution in [3.05, 3.63) is 120 Å². The van der Waals surface area contributed by atoms with Gasteiger partial charge in [-0.2, -0.15) is 0 Å². The molecule has 3 heteroatoms. The summed E-state index contributed by atoms with van der Waals surface area (Å²) in [6, 6.07) is 30.9. The minimum Gasteiger partial charge on any atom is -0.370 e. The van der Waals surface area contributed by atoms with Crippen LogP contribution in [0.1, 0.15) is 30.0 Å². The molecule has 0 amide bonds. The molecule has 0 heterocycles. The zero-order valence-corrected chi connectivity index (χ0v) is 18.7. The van der Waals surface area contributed by atoms with E-state index in [0.717, 1.165) is 23.1 Å². The summed E-state index contributed by atoms with van der Waals surface area (Å²) in [5.74, 6) is 0.227. The molecule has 4 atom stereocenters. The number of hydrogen-bond donors (Lipinski definition) is 0. The van der Waals surface area contributed by atoms with Crippen LogP contribution >= 0.6 is 0 Å². The Morgan fingerprint density at radius 2 is 1.03 bits per heavy atom. The molecule has 3 aromatic rings. The molecule has 166 valence electrons. The van der Waals surface area contributed by atoms with E-state index in [0.29, 0.717) is 19.8 Å². The fraction of sp³-hybridized carbons (Fsp3) is 0.310. The molecule has 0 fully saturated rings. The number of rotatable bonds is 9. The SMILES string of the molecule is C[C@H]1C=CC[C@@H](OCc2ccccc2)[C@H](OCc2ccccc2)[C@H]1OCc1ccccc1. The minimum atomic E-state index is -0.173. The monoisotopic (exact) mass is 428 g/mol. The topological polar surface area (TPSA) is 27.7 Å². The van der Waals surface area contributed by atoms with Crippen molar-refractivity contribution in [3.63, 3.8) is 0 Å². The molecule has 0 N–H and O–H groups in total. The van der Waals surface area contributed by atoms with Gasteiger partial charge in [0, 0.05) is 5.92 Å². The van der Waals surface area contributed by atoms with Crippen LogP contribution in [0.5, 0.6) is 0 Å². The highest BCUT2D eigenvalue weighted by atomic mass is 16.6. The fourth-order valence-corrected chi connectivity index (χ4v) is 4.10. The van der Waals surface area contributed by atoms with Gasteiger partial charge < -0.3 is 14.2 Å². The van der Waals surface area contributed by atoms with E-state index in [1.807, 2.05) is 54.6 Å². The summed E-state index contributed by atoms with van der Waals surface area (Å²) < 4.78 is 19.4. The maximum Gasteiger partial charge on any atom is 0.111 e. The lowest BCUT2D eigenvalue weighted by molar-refractivity contribution is -0.157. The molecule has 32 heavy (non-hydrogen) atoms. The Morgan fingerprint density at radius 3 is 1.53 bits per heavy atom. The van der Waals surface area contributed by atoms with Gasteiger partial charge in [-0.05, 0) is 23.1 Å². The Labute approximate surface area is 191 Å². The predicted molar refractivity (Wildman–Crippen MR) is 128 cm³/mol. The average Bonchev–Trinajstić information content (AvgIpc) is 3.00. The van der Waals surface area contributed by atoms with E-state index in [-0.39, 0.29) is 24.2 Å². The molecule has 1 aliphatic carbocycles. The number of ether oxygens (including phenoxy) is 3. The summed E-state index contributed by atoms with van der Waals surface area (Å²) in [6.07, 6.45) is 4.90. The molecule has 0 saturated heterocycles. The number of benzene rings is 3. The van der Waals surface area contributed by atoms with Crippen LogP contribution in [0.15, 0.2) is 103 Å². The van der Waals surface area contributed by atoms with Gasteiger partial charge in [-0.15, -0.1) is 0 Å². The molecule has 4 rings (SSSR count). The molecule has 1 aliphatic rings. The smallest absolute Gasteiger partial charge is 0.111 e. The van der Waals surface area contributed by atoms with Crippen LogP contribution < -0.4 is 0 Å². The van der Waals surface area contributed by atoms with Crippen molar-refractivity contribution in [2.24, 2.45) is 5.92 Å². The number of hydrogen-bond acceptors (Lipinski definition) is 3. The lowest BCUT2D eigenvalue weighted by Crippen LogP contribution is -2.44. The summed E-state index contributed by atoms with van der Waals surface area (Å²) in [4.78, 5) is 0. The van der Waals surface area contributed by atoms with Crippen molar-refractivity contribution in [3.8, 4) is 0 Å². The van der Waals surface area contributed by atoms with E-state index < -0.39 is 0 Å². The third-order valence-corrected chi connectivity index (χ3v) is 5.89. The maximum absolute atomic E-state index is 6.53. The van der Waals surface area contributed by atoms with Gasteiger partial charge in [-0.25, -0.2) is 0 Å². The highest BCUT2D eigenvalue weighted by Crippen LogP contribution is 2.28. The first kappa shape index (κ1) is 22.5. The molecule has 3 aromatic carbocycles. The molecule has 3 nitrogen and oxygen atoms in total. The van der Waals surface area contributed by atoms with Gasteiger partial charge in [0.25, 0.3) is 0 Å². The van der Waals surface area contributed by atoms with Crippen LogP contribution in [-0.4, -0.2) is 18.3 Å². The predicted octanol–water partition coefficient (Wildman–Crippen LogP) is 6.34. The molecule has 0 spiro atoms. The summed E-state index contributed by atoms with van der Waals surface area (Å²) >= 11 is 0. The van der Waals surface area contributed by atoms with Gasteiger partial charge in [-0.3, -0.25) is 0 Å². The van der Waals surface area contributed by atoms with Crippen LogP contribution in [0, 0.1) is 5.92 Å². The zero-order chi connectivity index (χ0) is 22.0. The molecule has 0 radical (unpaired) electrons. The molecule has 0 bridgehead atoms. The second kappa shape index (κ2) is 11.8. The molecule has 0 unspecified atom stereocenters. The standard InChI is InChI=1S/C29H32O3/c1-23-12-11-19-27(30-20-24-13-5-2-6-14-24)29(32-22-26-17-9-4-10-18-26)28(23)31-21-25-15-7-3-8-16-25/h2-18,23,27-29H,19-22H2,1H3/t23-,27+,28-,29-/m0/s1. The second-order valence-electron chi connectivity index (χ2n) is 8.38. The lowest BCUT2D eigenvalue weighted by atomic mass is 9.97. The van der Waals surface area contributed by atoms with E-state index in [9.17, 15) is 0 Å². The molecular weight excluding hydrogens is 396 g/mol. The highest BCUT2D eigenvalue weighted by Gasteiger charge is 2.36. The van der Waals surface area contributed by atoms with E-state index >= 15 is 0 Å². The summed E-state index contributed by atoms with van der Waals surface area (Å²) in [5.41, 5.74) is 3.48. The Kier molecular flexibility index (Phi) is 8.27. The first-order chi connectivity index (χ1) is 15.8. The van der Waals surface area contributed by atoms with E-state index in [1.54, 1.807) is 0 Å². The van der Waals surface area contributed by atoms with Crippen LogP contribution in [0.2, 0.25) is 0 Å². The van der Waals surface area contributed by atoms with Crippen molar-refractivity contribution in [2.45, 2.75) is 51.5 Å². The Morgan fingerprint density at radius 1 is 0.594 bits per heavy atom. The third kappa shape index (κ3) is 6.39. The van der Waals surface area contributed by atoms with E-state index in [2.05, 4.69) is 55.5 Å². The van der Waals surface area contributed by atoms with Gasteiger partial charge in [0.2, 0.25) is 0 Å². The van der Waals surface area contributed by atoms with E-state index in [4.69, 9.17) is 14.2 Å². The van der Waals surface area contributed by atoms with Gasteiger partial charge in [0.05, 0.1) is 32.0 Å². The maximum atomic E-state index is 6.53. The van der Waals surface area contributed by atoms with Gasteiger partial charge in [0.15, 0.2) is 0 Å². The molecule has 0 aliphatic heterocycles. The van der Waals surface area contributed by atoms with Gasteiger partial charge in [0.1, 0.15) is 6.10 Å². The normalized spacial score (nSPS) is 23.0. The van der Waals surface area contributed by atoms with Crippen molar-refractivity contribution in [2.75, 3.05) is 0 Å².